The zero-order valence-electron chi connectivity index (χ0n) is 10.5. The van der Waals surface area contributed by atoms with Gasteiger partial charge < -0.3 is 10.2 Å². The molecule has 0 aliphatic carbocycles. The number of nitrogens with zero attached hydrogens (tertiary/aromatic N) is 1. The molecule has 1 saturated heterocycles. The van der Waals surface area contributed by atoms with Crippen LogP contribution in [0, 0.1) is 5.92 Å². The second kappa shape index (κ2) is 4.58. The predicted octanol–water partition coefficient (Wildman–Crippen LogP) is 1.01. The van der Waals surface area contributed by atoms with Gasteiger partial charge in [0.25, 0.3) is 6.43 Å². The topological polar surface area (TPSA) is 49.4 Å². The Bertz CT molecular complexity index is 329. The number of piperazine rings is 1. The van der Waals surface area contributed by atoms with Crippen LogP contribution >= 0.6 is 0 Å². The van der Waals surface area contributed by atoms with Gasteiger partial charge in [0, 0.05) is 0 Å². The minimum absolute atomic E-state index is 0.200. The van der Waals surface area contributed by atoms with Gasteiger partial charge in [-0.2, -0.15) is 0 Å². The highest BCUT2D eigenvalue weighted by Crippen LogP contribution is 2.23. The van der Waals surface area contributed by atoms with Crippen molar-refractivity contribution in [3.8, 4) is 0 Å². The van der Waals surface area contributed by atoms with E-state index < -0.39 is 30.5 Å². The van der Waals surface area contributed by atoms with Crippen LogP contribution in [0.25, 0.3) is 0 Å². The summed E-state index contributed by atoms with van der Waals surface area (Å²) in [6.07, 6.45) is -2.64. The molecule has 0 spiro atoms. The third-order valence-corrected chi connectivity index (χ3v) is 2.80. The minimum Gasteiger partial charge on any atom is -0.340 e. The number of carbonyl (C=O) groups is 2. The first-order valence-corrected chi connectivity index (χ1v) is 5.58. The molecule has 6 heteroatoms. The summed E-state index contributed by atoms with van der Waals surface area (Å²) in [6, 6.07) is -0.815. The Kier molecular flexibility index (Phi) is 3.74. The molecule has 1 unspecified atom stereocenters. The van der Waals surface area contributed by atoms with E-state index in [1.807, 2.05) is 0 Å². The molecule has 0 aromatic rings. The molecule has 1 atom stereocenters. The van der Waals surface area contributed by atoms with E-state index in [-0.39, 0.29) is 11.8 Å². The monoisotopic (exact) mass is 248 g/mol. The van der Waals surface area contributed by atoms with Crippen LogP contribution in [0.15, 0.2) is 0 Å². The molecular formula is C11H18F2N2O2. The van der Waals surface area contributed by atoms with Crippen LogP contribution in [0.2, 0.25) is 0 Å². The molecule has 1 aliphatic heterocycles. The lowest BCUT2D eigenvalue weighted by Crippen LogP contribution is -2.69. The number of halogens is 2. The summed E-state index contributed by atoms with van der Waals surface area (Å²) in [4.78, 5) is 24.9. The second-order valence-corrected chi connectivity index (χ2v) is 5.15. The van der Waals surface area contributed by atoms with Gasteiger partial charge in [-0.1, -0.05) is 13.8 Å². The second-order valence-electron chi connectivity index (χ2n) is 5.15. The highest BCUT2D eigenvalue weighted by molar-refractivity contribution is 5.99. The van der Waals surface area contributed by atoms with Gasteiger partial charge in [0.1, 0.15) is 11.6 Å². The van der Waals surface area contributed by atoms with Gasteiger partial charge in [0.15, 0.2) is 0 Å². The summed E-state index contributed by atoms with van der Waals surface area (Å²) in [7, 11) is 0. The van der Waals surface area contributed by atoms with Gasteiger partial charge in [-0.3, -0.25) is 9.59 Å². The fourth-order valence-electron chi connectivity index (χ4n) is 2.07. The van der Waals surface area contributed by atoms with Gasteiger partial charge >= 0.3 is 0 Å². The zero-order valence-corrected chi connectivity index (χ0v) is 10.5. The number of hydrogen-bond donors (Lipinski definition) is 1. The Balaban J connectivity index is 3.04. The molecule has 0 radical (unpaired) electrons. The highest BCUT2D eigenvalue weighted by Gasteiger charge is 2.46. The van der Waals surface area contributed by atoms with Crippen LogP contribution in [0.3, 0.4) is 0 Å². The number of alkyl halides is 2. The van der Waals surface area contributed by atoms with Crippen LogP contribution in [-0.2, 0) is 9.59 Å². The van der Waals surface area contributed by atoms with Crippen molar-refractivity contribution >= 4 is 11.8 Å². The predicted molar refractivity (Wildman–Crippen MR) is 58.6 cm³/mol. The molecule has 0 bridgehead atoms. The fraction of sp³-hybridized carbons (Fsp3) is 0.818. The van der Waals surface area contributed by atoms with Crippen molar-refractivity contribution in [3.05, 3.63) is 0 Å². The maximum atomic E-state index is 12.5. The summed E-state index contributed by atoms with van der Waals surface area (Å²) in [5, 5.41) is 2.57. The van der Waals surface area contributed by atoms with Gasteiger partial charge in [0.2, 0.25) is 11.8 Å². The summed E-state index contributed by atoms with van der Waals surface area (Å²) >= 11 is 0. The first kappa shape index (κ1) is 13.9. The van der Waals surface area contributed by atoms with Crippen molar-refractivity contribution < 1.29 is 18.4 Å². The Morgan fingerprint density at radius 3 is 2.29 bits per heavy atom. The fourth-order valence-corrected chi connectivity index (χ4v) is 2.07. The molecule has 2 amide bonds. The molecule has 98 valence electrons. The molecule has 0 aromatic heterocycles. The number of hydrogen-bond acceptors (Lipinski definition) is 2. The smallest absolute Gasteiger partial charge is 0.255 e. The van der Waals surface area contributed by atoms with Crippen molar-refractivity contribution in [2.24, 2.45) is 5.92 Å². The molecule has 17 heavy (non-hydrogen) atoms. The maximum Gasteiger partial charge on any atom is 0.255 e. The Labute approximate surface area is 99.3 Å². The average Bonchev–Trinajstić information content (AvgIpc) is 2.11. The molecule has 0 aromatic carbocycles. The molecule has 1 heterocycles. The summed E-state index contributed by atoms with van der Waals surface area (Å²) < 4.78 is 25.0. The molecular weight excluding hydrogens is 230 g/mol. The normalized spacial score (nSPS) is 24.5. The number of nitrogens with one attached hydrogen (secondary N) is 1. The molecule has 1 aliphatic rings. The standard InChI is InChI=1S/C11H18F2N2O2/c1-6(2)8-9(16)14-11(3,4)10(17)15(8)5-7(12)13/h6-8H,5H2,1-4H3,(H,14,16). The third kappa shape index (κ3) is 2.73. The maximum absolute atomic E-state index is 12.5. The van der Waals surface area contributed by atoms with E-state index >= 15 is 0 Å². The summed E-state index contributed by atoms with van der Waals surface area (Å²) in [5.74, 6) is -1.03. The van der Waals surface area contributed by atoms with E-state index in [2.05, 4.69) is 5.32 Å². The lowest BCUT2D eigenvalue weighted by molar-refractivity contribution is -0.157. The molecule has 1 N–H and O–H groups in total. The third-order valence-electron chi connectivity index (χ3n) is 2.80. The van der Waals surface area contributed by atoms with E-state index in [4.69, 9.17) is 0 Å². The lowest BCUT2D eigenvalue weighted by Gasteiger charge is -2.44. The Hall–Kier alpha value is -1.20. The van der Waals surface area contributed by atoms with Gasteiger partial charge in [-0.15, -0.1) is 0 Å². The van der Waals surface area contributed by atoms with E-state index in [0.717, 1.165) is 4.90 Å². The molecule has 1 fully saturated rings. The lowest BCUT2D eigenvalue weighted by atomic mass is 9.91. The molecule has 0 saturated carbocycles. The van der Waals surface area contributed by atoms with Gasteiger partial charge in [-0.25, -0.2) is 8.78 Å². The van der Waals surface area contributed by atoms with E-state index in [0.29, 0.717) is 0 Å². The SMILES string of the molecule is CC(C)C1C(=O)NC(C)(C)C(=O)N1CC(F)F. The zero-order chi connectivity index (χ0) is 13.4. The first-order valence-electron chi connectivity index (χ1n) is 5.58. The van der Waals surface area contributed by atoms with Crippen LogP contribution in [0.4, 0.5) is 8.78 Å². The Morgan fingerprint density at radius 1 is 1.35 bits per heavy atom. The van der Waals surface area contributed by atoms with Crippen molar-refractivity contribution in [1.29, 1.82) is 0 Å². The van der Waals surface area contributed by atoms with E-state index in [9.17, 15) is 18.4 Å². The quantitative estimate of drug-likeness (QED) is 0.810. The van der Waals surface area contributed by atoms with E-state index in [1.54, 1.807) is 13.8 Å². The van der Waals surface area contributed by atoms with E-state index in [1.165, 1.54) is 13.8 Å². The summed E-state index contributed by atoms with van der Waals surface area (Å²) in [5.41, 5.74) is -1.11. The highest BCUT2D eigenvalue weighted by atomic mass is 19.3. The van der Waals surface area contributed by atoms with Crippen molar-refractivity contribution in [3.63, 3.8) is 0 Å². The van der Waals surface area contributed by atoms with Crippen molar-refractivity contribution in [2.75, 3.05) is 6.54 Å². The van der Waals surface area contributed by atoms with Crippen LogP contribution in [0.1, 0.15) is 27.7 Å². The minimum atomic E-state index is -2.64. The number of amides is 2. The average molecular weight is 248 g/mol. The van der Waals surface area contributed by atoms with Crippen LogP contribution in [-0.4, -0.2) is 41.3 Å². The van der Waals surface area contributed by atoms with Gasteiger partial charge in [-0.05, 0) is 19.8 Å². The van der Waals surface area contributed by atoms with Crippen molar-refractivity contribution in [2.45, 2.75) is 45.7 Å². The Morgan fingerprint density at radius 2 is 1.88 bits per heavy atom. The first-order chi connectivity index (χ1) is 7.66. The number of carbonyl (C=O) groups excluding carboxylic acids is 2. The van der Waals surface area contributed by atoms with Gasteiger partial charge in [0.05, 0.1) is 6.54 Å². The number of rotatable bonds is 3. The van der Waals surface area contributed by atoms with Crippen molar-refractivity contribution in [1.82, 2.24) is 10.2 Å². The van der Waals surface area contributed by atoms with Crippen LogP contribution < -0.4 is 5.32 Å². The molecule has 1 rings (SSSR count). The summed E-state index contributed by atoms with van der Waals surface area (Å²) in [6.45, 7) is 5.80. The molecule has 4 nitrogen and oxygen atoms in total. The largest absolute Gasteiger partial charge is 0.340 e. The van der Waals surface area contributed by atoms with Crippen LogP contribution in [0.5, 0.6) is 0 Å².